The number of aromatic nitrogens is 2. The third kappa shape index (κ3) is 4.76. The summed E-state index contributed by atoms with van der Waals surface area (Å²) in [4.78, 5) is 27.9. The molecule has 34 heavy (non-hydrogen) atoms. The summed E-state index contributed by atoms with van der Waals surface area (Å²) >= 11 is 0. The van der Waals surface area contributed by atoms with Crippen LogP contribution in [0.3, 0.4) is 0 Å². The molecule has 172 valence electrons. The Bertz CT molecular complexity index is 1310. The molecule has 1 heterocycles. The van der Waals surface area contributed by atoms with Gasteiger partial charge in [0.1, 0.15) is 5.69 Å². The molecule has 2 amide bonds. The smallest absolute Gasteiger partial charge is 0.259 e. The van der Waals surface area contributed by atoms with Crippen molar-refractivity contribution < 1.29 is 9.59 Å². The van der Waals surface area contributed by atoms with Gasteiger partial charge >= 0.3 is 0 Å². The van der Waals surface area contributed by atoms with Crippen LogP contribution in [0.15, 0.2) is 85.1 Å². The highest BCUT2D eigenvalue weighted by atomic mass is 16.2. The van der Waals surface area contributed by atoms with E-state index in [1.54, 1.807) is 40.0 Å². The van der Waals surface area contributed by atoms with Crippen LogP contribution in [0.4, 0.5) is 5.69 Å². The highest BCUT2D eigenvalue weighted by molar-refractivity contribution is 6.08. The summed E-state index contributed by atoms with van der Waals surface area (Å²) in [6.45, 7) is 7.16. The van der Waals surface area contributed by atoms with Gasteiger partial charge in [0.15, 0.2) is 0 Å². The number of nitrogens with zero attached hydrogens (tertiary/aromatic N) is 3. The maximum absolute atomic E-state index is 13.4. The van der Waals surface area contributed by atoms with Gasteiger partial charge in [-0.15, -0.1) is 0 Å². The van der Waals surface area contributed by atoms with Crippen molar-refractivity contribution in [2.45, 2.75) is 20.8 Å². The number of nitrogens with one attached hydrogen (secondary N) is 1. The zero-order valence-electron chi connectivity index (χ0n) is 19.7. The van der Waals surface area contributed by atoms with E-state index >= 15 is 0 Å². The summed E-state index contributed by atoms with van der Waals surface area (Å²) in [5.41, 5.74) is 4.96. The Morgan fingerprint density at radius 2 is 1.62 bits per heavy atom. The molecule has 3 aromatic carbocycles. The molecule has 0 unspecified atom stereocenters. The Morgan fingerprint density at radius 1 is 0.912 bits per heavy atom. The number of aryl methyl sites for hydroxylation is 1. The minimum atomic E-state index is -0.284. The summed E-state index contributed by atoms with van der Waals surface area (Å²) < 4.78 is 1.72. The average Bonchev–Trinajstić information content (AvgIpc) is 3.31. The number of benzene rings is 3. The van der Waals surface area contributed by atoms with Crippen LogP contribution < -0.4 is 5.32 Å². The standard InChI is InChI=1S/C28H28N4O2/c1-4-31(5-2)28(34)21-13-11-14-22(18-21)29-27(33)25-19-32(23-15-7-6-8-16-23)30-26(25)24-17-10-9-12-20(24)3/h6-19H,4-5H2,1-3H3,(H,29,33). The minimum absolute atomic E-state index is 0.0569. The van der Waals surface area contributed by atoms with Crippen molar-refractivity contribution in [3.05, 3.63) is 102 Å². The second kappa shape index (κ2) is 10.2. The molecule has 0 aliphatic heterocycles. The van der Waals surface area contributed by atoms with Gasteiger partial charge in [-0.1, -0.05) is 48.5 Å². The quantitative estimate of drug-likeness (QED) is 0.398. The fraction of sp³-hybridized carbons (Fsp3) is 0.179. The van der Waals surface area contributed by atoms with Crippen LogP contribution in [-0.4, -0.2) is 39.6 Å². The van der Waals surface area contributed by atoms with E-state index in [0.717, 1.165) is 16.8 Å². The maximum Gasteiger partial charge on any atom is 0.259 e. The molecule has 0 aliphatic rings. The monoisotopic (exact) mass is 452 g/mol. The number of amides is 2. The van der Waals surface area contributed by atoms with Crippen molar-refractivity contribution in [2.24, 2.45) is 0 Å². The molecule has 0 radical (unpaired) electrons. The summed E-state index contributed by atoms with van der Waals surface area (Å²) in [6, 6.07) is 24.6. The van der Waals surface area contributed by atoms with E-state index in [0.29, 0.717) is 35.6 Å². The molecular weight excluding hydrogens is 424 g/mol. The Balaban J connectivity index is 1.70. The van der Waals surface area contributed by atoms with E-state index in [9.17, 15) is 9.59 Å². The first kappa shape index (κ1) is 23.0. The molecule has 0 atom stereocenters. The van der Waals surface area contributed by atoms with Gasteiger partial charge in [0.05, 0.1) is 11.3 Å². The summed E-state index contributed by atoms with van der Waals surface area (Å²) in [7, 11) is 0. The molecule has 1 N–H and O–H groups in total. The van der Waals surface area contributed by atoms with Crippen molar-refractivity contribution in [3.8, 4) is 16.9 Å². The zero-order valence-corrected chi connectivity index (χ0v) is 19.7. The van der Waals surface area contributed by atoms with Gasteiger partial charge in [-0.25, -0.2) is 4.68 Å². The van der Waals surface area contributed by atoms with Crippen LogP contribution in [0, 0.1) is 6.92 Å². The summed E-state index contributed by atoms with van der Waals surface area (Å²) in [5.74, 6) is -0.341. The minimum Gasteiger partial charge on any atom is -0.339 e. The lowest BCUT2D eigenvalue weighted by molar-refractivity contribution is 0.0772. The van der Waals surface area contributed by atoms with Crippen molar-refractivity contribution in [1.29, 1.82) is 0 Å². The Kier molecular flexibility index (Phi) is 6.87. The third-order valence-electron chi connectivity index (χ3n) is 5.80. The van der Waals surface area contributed by atoms with E-state index in [2.05, 4.69) is 5.32 Å². The van der Waals surface area contributed by atoms with Gasteiger partial charge in [-0.2, -0.15) is 5.10 Å². The lowest BCUT2D eigenvalue weighted by Gasteiger charge is -2.19. The Labute approximate surface area is 199 Å². The van der Waals surface area contributed by atoms with E-state index in [-0.39, 0.29) is 11.8 Å². The summed E-state index contributed by atoms with van der Waals surface area (Å²) in [5, 5.41) is 7.72. The van der Waals surface area contributed by atoms with Gasteiger partial charge in [0.2, 0.25) is 0 Å². The topological polar surface area (TPSA) is 67.2 Å². The lowest BCUT2D eigenvalue weighted by Crippen LogP contribution is -2.30. The molecule has 0 fully saturated rings. The highest BCUT2D eigenvalue weighted by Gasteiger charge is 2.21. The molecule has 1 aromatic heterocycles. The number of para-hydroxylation sites is 1. The van der Waals surface area contributed by atoms with Crippen molar-refractivity contribution in [3.63, 3.8) is 0 Å². The molecule has 0 saturated heterocycles. The molecule has 0 aliphatic carbocycles. The summed E-state index contributed by atoms with van der Waals surface area (Å²) in [6.07, 6.45) is 1.75. The van der Waals surface area contributed by atoms with Crippen LogP contribution in [0.1, 0.15) is 40.1 Å². The number of rotatable bonds is 7. The predicted molar refractivity (Wildman–Crippen MR) is 135 cm³/mol. The number of anilines is 1. The third-order valence-corrected chi connectivity index (χ3v) is 5.80. The van der Waals surface area contributed by atoms with Crippen LogP contribution in [0.2, 0.25) is 0 Å². The van der Waals surface area contributed by atoms with Gasteiger partial charge in [-0.3, -0.25) is 9.59 Å². The van der Waals surface area contributed by atoms with E-state index in [4.69, 9.17) is 5.10 Å². The SMILES string of the molecule is CCN(CC)C(=O)c1cccc(NC(=O)c2cn(-c3ccccc3)nc2-c2ccccc2C)c1. The molecule has 4 rings (SSSR count). The first-order valence-electron chi connectivity index (χ1n) is 11.4. The van der Waals surface area contributed by atoms with Crippen LogP contribution >= 0.6 is 0 Å². The van der Waals surface area contributed by atoms with Gasteiger partial charge in [-0.05, 0) is 56.7 Å². The molecule has 4 aromatic rings. The van der Waals surface area contributed by atoms with Gasteiger partial charge < -0.3 is 10.2 Å². The zero-order chi connectivity index (χ0) is 24.1. The fourth-order valence-corrected chi connectivity index (χ4v) is 3.91. The molecule has 6 heteroatoms. The van der Waals surface area contributed by atoms with Gasteiger partial charge in [0.25, 0.3) is 11.8 Å². The number of carbonyl (C=O) groups excluding carboxylic acids is 2. The van der Waals surface area contributed by atoms with Crippen molar-refractivity contribution in [2.75, 3.05) is 18.4 Å². The molecule has 0 saturated carbocycles. The second-order valence-corrected chi connectivity index (χ2v) is 8.00. The Hall–Kier alpha value is -4.19. The van der Waals surface area contributed by atoms with Crippen LogP contribution in [0.25, 0.3) is 16.9 Å². The first-order chi connectivity index (χ1) is 16.5. The number of hydrogen-bond acceptors (Lipinski definition) is 3. The lowest BCUT2D eigenvalue weighted by atomic mass is 10.0. The molecule has 0 spiro atoms. The molecule has 0 bridgehead atoms. The number of carbonyl (C=O) groups is 2. The normalized spacial score (nSPS) is 10.7. The highest BCUT2D eigenvalue weighted by Crippen LogP contribution is 2.27. The largest absolute Gasteiger partial charge is 0.339 e. The second-order valence-electron chi connectivity index (χ2n) is 8.00. The van der Waals surface area contributed by atoms with E-state index in [1.807, 2.05) is 75.4 Å². The Morgan fingerprint density at radius 3 is 2.32 bits per heavy atom. The first-order valence-corrected chi connectivity index (χ1v) is 11.4. The van der Waals surface area contributed by atoms with Gasteiger partial charge in [0, 0.05) is 36.1 Å². The van der Waals surface area contributed by atoms with Crippen molar-refractivity contribution in [1.82, 2.24) is 14.7 Å². The fourth-order valence-electron chi connectivity index (χ4n) is 3.91. The maximum atomic E-state index is 13.4. The van der Waals surface area contributed by atoms with E-state index < -0.39 is 0 Å². The van der Waals surface area contributed by atoms with E-state index in [1.165, 1.54) is 0 Å². The number of hydrogen-bond donors (Lipinski definition) is 1. The van der Waals surface area contributed by atoms with Crippen molar-refractivity contribution >= 4 is 17.5 Å². The predicted octanol–water partition coefficient (Wildman–Crippen LogP) is 5.58. The molecular formula is C28H28N4O2. The van der Waals surface area contributed by atoms with Crippen LogP contribution in [0.5, 0.6) is 0 Å². The average molecular weight is 453 g/mol. The molecule has 6 nitrogen and oxygen atoms in total. The van der Waals surface area contributed by atoms with Crippen LogP contribution in [-0.2, 0) is 0 Å².